The number of hydrogen-bond acceptors (Lipinski definition) is 4. The molecule has 0 aliphatic carbocycles. The van der Waals surface area contributed by atoms with E-state index in [1.807, 2.05) is 60.7 Å². The maximum atomic E-state index is 6.74. The first kappa shape index (κ1) is 25.9. The molecule has 47 heavy (non-hydrogen) atoms. The van der Waals surface area contributed by atoms with Gasteiger partial charge in [0, 0.05) is 33.0 Å². The van der Waals surface area contributed by atoms with E-state index >= 15 is 0 Å². The van der Waals surface area contributed by atoms with Gasteiger partial charge in [-0.2, -0.15) is 0 Å². The lowest BCUT2D eigenvalue weighted by atomic mass is 9.89. The Bertz CT molecular complexity index is 2730. The Morgan fingerprint density at radius 1 is 0.362 bits per heavy atom. The lowest BCUT2D eigenvalue weighted by molar-refractivity contribution is 0.670. The van der Waals surface area contributed by atoms with Crippen LogP contribution in [-0.2, 0) is 0 Å². The number of rotatable bonds is 4. The fourth-order valence-corrected chi connectivity index (χ4v) is 7.13. The van der Waals surface area contributed by atoms with Gasteiger partial charge in [-0.3, -0.25) is 0 Å². The first-order valence-corrected chi connectivity index (χ1v) is 15.8. The van der Waals surface area contributed by atoms with Gasteiger partial charge in [0.2, 0.25) is 0 Å². The van der Waals surface area contributed by atoms with Crippen LogP contribution in [0.25, 0.3) is 99.5 Å². The van der Waals surface area contributed by atoms with Crippen molar-refractivity contribution in [3.63, 3.8) is 0 Å². The quantitative estimate of drug-likeness (QED) is 0.189. The number of furan rings is 1. The van der Waals surface area contributed by atoms with Gasteiger partial charge in [0.15, 0.2) is 17.5 Å². The number of aromatic nitrogens is 3. The molecule has 2 aromatic heterocycles. The van der Waals surface area contributed by atoms with E-state index < -0.39 is 0 Å². The van der Waals surface area contributed by atoms with Crippen LogP contribution < -0.4 is 0 Å². The monoisotopic (exact) mass is 599 g/mol. The van der Waals surface area contributed by atoms with Crippen LogP contribution in [0.1, 0.15) is 0 Å². The molecule has 8 aromatic carbocycles. The maximum Gasteiger partial charge on any atom is 0.164 e. The minimum absolute atomic E-state index is 0.626. The molecule has 0 saturated heterocycles. The highest BCUT2D eigenvalue weighted by Crippen LogP contribution is 2.47. The van der Waals surface area contributed by atoms with Crippen molar-refractivity contribution in [2.75, 3.05) is 0 Å². The van der Waals surface area contributed by atoms with Gasteiger partial charge in [0.1, 0.15) is 11.2 Å². The second-order valence-corrected chi connectivity index (χ2v) is 12.0. The largest absolute Gasteiger partial charge is 0.455 e. The average Bonchev–Trinajstić information content (AvgIpc) is 3.55. The lowest BCUT2D eigenvalue weighted by Crippen LogP contribution is -2.00. The maximum absolute atomic E-state index is 6.74. The van der Waals surface area contributed by atoms with Crippen LogP contribution in [0.4, 0.5) is 0 Å². The van der Waals surface area contributed by atoms with Gasteiger partial charge in [0.25, 0.3) is 0 Å². The topological polar surface area (TPSA) is 51.8 Å². The van der Waals surface area contributed by atoms with Crippen molar-refractivity contribution >= 4 is 54.3 Å². The predicted molar refractivity (Wildman–Crippen MR) is 193 cm³/mol. The number of nitrogens with zero attached hydrogens (tertiary/aromatic N) is 3. The summed E-state index contributed by atoms with van der Waals surface area (Å²) in [5.74, 6) is 1.91. The zero-order chi connectivity index (χ0) is 30.9. The molecular formula is C43H25N3O. The van der Waals surface area contributed by atoms with Crippen molar-refractivity contribution in [3.8, 4) is 45.3 Å². The van der Waals surface area contributed by atoms with Gasteiger partial charge in [-0.05, 0) is 56.1 Å². The van der Waals surface area contributed by atoms with E-state index in [1.165, 1.54) is 43.1 Å². The molecule has 0 radical (unpaired) electrons. The number of benzene rings is 8. The predicted octanol–water partition coefficient (Wildman–Crippen LogP) is 11.3. The highest BCUT2D eigenvalue weighted by atomic mass is 16.3. The standard InChI is InChI=1S/C43H25N3O/c1-3-12-27(13-4-1)41-44-42(28-14-5-2-6-15-28)46-43(45-41)30-17-9-16-29(25-30)32-23-24-34-33-22-21-26-11-7-8-18-31(26)37(33)35-19-10-20-36-38(35)39(34)40(32)47-36/h1-25H. The van der Waals surface area contributed by atoms with Crippen LogP contribution in [0.2, 0.25) is 0 Å². The molecule has 0 saturated carbocycles. The van der Waals surface area contributed by atoms with Crippen LogP contribution in [-0.4, -0.2) is 15.0 Å². The molecule has 0 aliphatic rings. The summed E-state index contributed by atoms with van der Waals surface area (Å²) < 4.78 is 6.74. The van der Waals surface area contributed by atoms with Gasteiger partial charge in [-0.25, -0.2) is 15.0 Å². The third kappa shape index (κ3) is 3.98. The summed E-state index contributed by atoms with van der Waals surface area (Å²) >= 11 is 0. The molecule has 10 aromatic rings. The Morgan fingerprint density at radius 3 is 1.70 bits per heavy atom. The van der Waals surface area contributed by atoms with Gasteiger partial charge in [0.05, 0.1) is 0 Å². The normalized spacial score (nSPS) is 11.8. The molecule has 4 nitrogen and oxygen atoms in total. The summed E-state index contributed by atoms with van der Waals surface area (Å²) in [6.45, 7) is 0. The summed E-state index contributed by atoms with van der Waals surface area (Å²) in [6, 6.07) is 52.6. The molecule has 10 rings (SSSR count). The summed E-state index contributed by atoms with van der Waals surface area (Å²) in [5.41, 5.74) is 6.69. The Hall–Kier alpha value is -6.39. The van der Waals surface area contributed by atoms with E-state index in [0.29, 0.717) is 17.5 Å². The highest BCUT2D eigenvalue weighted by molar-refractivity contribution is 6.37. The molecule has 2 heterocycles. The van der Waals surface area contributed by atoms with Crippen molar-refractivity contribution in [3.05, 3.63) is 152 Å². The van der Waals surface area contributed by atoms with Crippen molar-refractivity contribution in [1.82, 2.24) is 15.0 Å². The molecule has 218 valence electrons. The second kappa shape index (κ2) is 10.1. The first-order chi connectivity index (χ1) is 23.3. The van der Waals surface area contributed by atoms with E-state index in [1.54, 1.807) is 0 Å². The number of hydrogen-bond donors (Lipinski definition) is 0. The molecule has 0 aliphatic heterocycles. The average molecular weight is 600 g/mol. The van der Waals surface area contributed by atoms with E-state index in [4.69, 9.17) is 19.4 Å². The second-order valence-electron chi connectivity index (χ2n) is 12.0. The minimum Gasteiger partial charge on any atom is -0.455 e. The van der Waals surface area contributed by atoms with E-state index in [2.05, 4.69) is 91.0 Å². The summed E-state index contributed by atoms with van der Waals surface area (Å²) in [7, 11) is 0. The van der Waals surface area contributed by atoms with Crippen LogP contribution in [0.15, 0.2) is 156 Å². The minimum atomic E-state index is 0.626. The molecule has 0 fully saturated rings. The van der Waals surface area contributed by atoms with E-state index in [0.717, 1.165) is 39.0 Å². The Balaban J connectivity index is 1.19. The highest BCUT2D eigenvalue weighted by Gasteiger charge is 2.21. The first-order valence-electron chi connectivity index (χ1n) is 15.8. The molecule has 0 N–H and O–H groups in total. The van der Waals surface area contributed by atoms with Crippen LogP contribution in [0.3, 0.4) is 0 Å². The molecule has 0 atom stereocenters. The molecule has 0 amide bonds. The smallest absolute Gasteiger partial charge is 0.164 e. The van der Waals surface area contributed by atoms with Crippen LogP contribution >= 0.6 is 0 Å². The third-order valence-corrected chi connectivity index (χ3v) is 9.27. The SMILES string of the molecule is c1ccc(-c2nc(-c3ccccc3)nc(-c3cccc(-c4ccc5c6ccc7ccccc7c6c6cccc7oc4c5c76)c3)n2)cc1. The van der Waals surface area contributed by atoms with E-state index in [9.17, 15) is 0 Å². The lowest BCUT2D eigenvalue weighted by Gasteiger charge is -2.12. The molecule has 4 heteroatoms. The molecule has 0 unspecified atom stereocenters. The van der Waals surface area contributed by atoms with Crippen LogP contribution in [0.5, 0.6) is 0 Å². The van der Waals surface area contributed by atoms with Gasteiger partial charge < -0.3 is 4.42 Å². The van der Waals surface area contributed by atoms with Gasteiger partial charge >= 0.3 is 0 Å². The molecular weight excluding hydrogens is 574 g/mol. The van der Waals surface area contributed by atoms with Crippen LogP contribution in [0, 0.1) is 0 Å². The van der Waals surface area contributed by atoms with Crippen molar-refractivity contribution in [1.29, 1.82) is 0 Å². The summed E-state index contributed by atoms with van der Waals surface area (Å²) in [6.07, 6.45) is 0. The third-order valence-electron chi connectivity index (χ3n) is 9.27. The molecule has 0 bridgehead atoms. The fourth-order valence-electron chi connectivity index (χ4n) is 7.13. The summed E-state index contributed by atoms with van der Waals surface area (Å²) in [5, 5.41) is 9.78. The van der Waals surface area contributed by atoms with Gasteiger partial charge in [-0.15, -0.1) is 0 Å². The Labute approximate surface area is 270 Å². The Kier molecular flexibility index (Phi) is 5.54. The zero-order valence-electron chi connectivity index (χ0n) is 25.2. The van der Waals surface area contributed by atoms with Gasteiger partial charge in [-0.1, -0.05) is 133 Å². The Morgan fingerprint density at radius 2 is 0.936 bits per heavy atom. The molecule has 0 spiro atoms. The summed E-state index contributed by atoms with van der Waals surface area (Å²) in [4.78, 5) is 14.8. The van der Waals surface area contributed by atoms with Crippen molar-refractivity contribution in [2.45, 2.75) is 0 Å². The number of fused-ring (bicyclic) bond motifs is 5. The fraction of sp³-hybridized carbons (Fsp3) is 0. The van der Waals surface area contributed by atoms with Crippen molar-refractivity contribution in [2.24, 2.45) is 0 Å². The van der Waals surface area contributed by atoms with E-state index in [-0.39, 0.29) is 0 Å². The zero-order valence-corrected chi connectivity index (χ0v) is 25.2. The van der Waals surface area contributed by atoms with Crippen molar-refractivity contribution < 1.29 is 4.42 Å².